The van der Waals surface area contributed by atoms with E-state index >= 15 is 0 Å². The first-order chi connectivity index (χ1) is 13.0. The second-order valence-electron chi connectivity index (χ2n) is 7.78. The highest BCUT2D eigenvalue weighted by Crippen LogP contribution is 2.53. The average molecular weight is 382 g/mol. The second kappa shape index (κ2) is 5.80. The van der Waals surface area contributed by atoms with E-state index in [1.165, 1.54) is 4.90 Å². The minimum absolute atomic E-state index is 0.0645. The van der Waals surface area contributed by atoms with Crippen LogP contribution in [0, 0.1) is 37.5 Å². The summed E-state index contributed by atoms with van der Waals surface area (Å²) in [5.74, 6) is -0.104. The van der Waals surface area contributed by atoms with Crippen molar-refractivity contribution >= 4 is 29.1 Å². The highest BCUT2D eigenvalue weighted by molar-refractivity contribution is 6.31. The maximum Gasteiger partial charge on any atom is 0.238 e. The third kappa shape index (κ3) is 2.27. The maximum absolute atomic E-state index is 13.1. The normalized spacial score (nSPS) is 28.5. The smallest absolute Gasteiger partial charge is 0.238 e. The van der Waals surface area contributed by atoms with Crippen LogP contribution in [0.25, 0.3) is 0 Å². The van der Waals surface area contributed by atoms with Crippen molar-refractivity contribution in [2.45, 2.75) is 26.8 Å². The Kier molecular flexibility index (Phi) is 3.60. The van der Waals surface area contributed by atoms with E-state index < -0.39 is 0 Å². The summed E-state index contributed by atoms with van der Waals surface area (Å²) in [6.45, 7) is 4.27. The van der Waals surface area contributed by atoms with E-state index in [0.717, 1.165) is 17.7 Å². The second-order valence-corrected chi connectivity index (χ2v) is 8.19. The number of halogens is 1. The maximum atomic E-state index is 13.1. The molecule has 0 radical (unpaired) electrons. The summed E-state index contributed by atoms with van der Waals surface area (Å²) in [5, 5.41) is 5.28. The summed E-state index contributed by atoms with van der Waals surface area (Å²) >= 11 is 6.28. The van der Waals surface area contributed by atoms with E-state index in [1.54, 1.807) is 0 Å². The fourth-order valence-electron chi connectivity index (χ4n) is 5.08. The van der Waals surface area contributed by atoms with Crippen LogP contribution < -0.4 is 4.90 Å². The number of fused-ring (bicyclic) bond motifs is 5. The van der Waals surface area contributed by atoms with Gasteiger partial charge in [-0.3, -0.25) is 14.3 Å². The first kappa shape index (κ1) is 16.8. The average Bonchev–Trinajstić information content (AvgIpc) is 3.37. The van der Waals surface area contributed by atoms with Crippen LogP contribution in [0.1, 0.15) is 23.4 Å². The van der Waals surface area contributed by atoms with Gasteiger partial charge < -0.3 is 0 Å². The summed E-state index contributed by atoms with van der Waals surface area (Å²) in [4.78, 5) is 27.7. The molecule has 1 aromatic heterocycles. The molecule has 3 aliphatic rings. The first-order valence-corrected chi connectivity index (χ1v) is 9.68. The Labute approximate surface area is 162 Å². The van der Waals surface area contributed by atoms with Gasteiger partial charge in [0.1, 0.15) is 0 Å². The lowest BCUT2D eigenvalue weighted by molar-refractivity contribution is -0.123. The number of aryl methyl sites for hydroxylation is 1. The fraction of sp³-hybridized carbons (Fsp3) is 0.381. The van der Waals surface area contributed by atoms with Gasteiger partial charge in [0.15, 0.2) is 0 Å². The third-order valence-electron chi connectivity index (χ3n) is 6.32. The number of carbonyl (C=O) groups excluding carboxylic acids is 2. The van der Waals surface area contributed by atoms with E-state index in [-0.39, 0.29) is 35.5 Å². The Bertz CT molecular complexity index is 979. The minimum atomic E-state index is -0.196. The van der Waals surface area contributed by atoms with Gasteiger partial charge in [0.05, 0.1) is 35.5 Å². The van der Waals surface area contributed by atoms with Crippen molar-refractivity contribution in [3.63, 3.8) is 0 Å². The summed E-state index contributed by atoms with van der Waals surface area (Å²) < 4.78 is 1.83. The number of rotatable bonds is 3. The van der Waals surface area contributed by atoms with Crippen molar-refractivity contribution in [3.05, 3.63) is 58.4 Å². The molecule has 2 fully saturated rings. The van der Waals surface area contributed by atoms with Crippen molar-refractivity contribution in [1.82, 2.24) is 9.78 Å². The van der Waals surface area contributed by atoms with Crippen LogP contribution in [0.5, 0.6) is 0 Å². The molecule has 138 valence electrons. The van der Waals surface area contributed by atoms with Crippen molar-refractivity contribution in [3.8, 4) is 0 Å². The van der Waals surface area contributed by atoms with Crippen molar-refractivity contribution in [2.24, 2.45) is 23.7 Å². The zero-order valence-electron chi connectivity index (χ0n) is 15.2. The molecule has 6 heteroatoms. The molecule has 0 unspecified atom stereocenters. The molecule has 2 aromatic rings. The largest absolute Gasteiger partial charge is 0.274 e. The van der Waals surface area contributed by atoms with E-state index in [4.69, 9.17) is 11.6 Å². The Balaban J connectivity index is 1.52. The van der Waals surface area contributed by atoms with Crippen LogP contribution in [0.3, 0.4) is 0 Å². The van der Waals surface area contributed by atoms with Gasteiger partial charge in [-0.2, -0.15) is 5.10 Å². The number of aromatic nitrogens is 2. The van der Waals surface area contributed by atoms with E-state index in [2.05, 4.69) is 17.3 Å². The molecule has 0 N–H and O–H groups in total. The van der Waals surface area contributed by atoms with Crippen molar-refractivity contribution in [1.29, 1.82) is 0 Å². The van der Waals surface area contributed by atoms with E-state index in [9.17, 15) is 9.59 Å². The highest BCUT2D eigenvalue weighted by atomic mass is 35.5. The molecule has 1 saturated heterocycles. The Morgan fingerprint density at radius 3 is 2.33 bits per heavy atom. The van der Waals surface area contributed by atoms with Gasteiger partial charge in [0.25, 0.3) is 0 Å². The number of anilines is 1. The van der Waals surface area contributed by atoms with Gasteiger partial charge >= 0.3 is 0 Å². The van der Waals surface area contributed by atoms with E-state index in [0.29, 0.717) is 22.9 Å². The zero-order valence-corrected chi connectivity index (χ0v) is 16.0. The van der Waals surface area contributed by atoms with Crippen LogP contribution in [-0.4, -0.2) is 21.6 Å². The number of carbonyl (C=O) groups is 2. The number of hydrogen-bond donors (Lipinski definition) is 0. The minimum Gasteiger partial charge on any atom is -0.274 e. The van der Waals surface area contributed by atoms with Crippen LogP contribution in [0.4, 0.5) is 5.69 Å². The van der Waals surface area contributed by atoms with E-state index in [1.807, 2.05) is 42.8 Å². The SMILES string of the molecule is Cc1nn(Cc2ccccc2Cl)c(C)c1N1C(=O)[C@@H]2[C@H](C1=O)[C@@H]1C=C[C@H]2C1. The van der Waals surface area contributed by atoms with Crippen LogP contribution in [0.2, 0.25) is 5.02 Å². The van der Waals surface area contributed by atoms with Crippen molar-refractivity contribution < 1.29 is 9.59 Å². The van der Waals surface area contributed by atoms with Crippen LogP contribution >= 0.6 is 11.6 Å². The molecule has 1 aliphatic heterocycles. The number of allylic oxidation sites excluding steroid dienone is 2. The molecule has 27 heavy (non-hydrogen) atoms. The molecule has 2 aliphatic carbocycles. The van der Waals surface area contributed by atoms with Crippen LogP contribution in [0.15, 0.2) is 36.4 Å². The molecular formula is C21H20ClN3O2. The van der Waals surface area contributed by atoms with Crippen molar-refractivity contribution in [2.75, 3.05) is 4.90 Å². The Morgan fingerprint density at radius 1 is 1.07 bits per heavy atom. The Hall–Kier alpha value is -2.40. The van der Waals surface area contributed by atoms with Gasteiger partial charge in [0, 0.05) is 5.02 Å². The molecule has 2 heterocycles. The summed E-state index contributed by atoms with van der Waals surface area (Å²) in [5.41, 5.74) is 3.11. The first-order valence-electron chi connectivity index (χ1n) is 9.31. The Morgan fingerprint density at radius 2 is 1.70 bits per heavy atom. The topological polar surface area (TPSA) is 55.2 Å². The quantitative estimate of drug-likeness (QED) is 0.604. The standard InChI is InChI=1S/C21H20ClN3O2/c1-11-19(12(2)24(23-11)10-15-5-3-4-6-16(15)22)25-20(26)17-13-7-8-14(9-13)18(17)21(25)27/h3-8,13-14,17-18H,9-10H2,1-2H3/t13-,14+,17-,18+. The van der Waals surface area contributed by atoms with Crippen LogP contribution in [-0.2, 0) is 16.1 Å². The molecule has 5 rings (SSSR count). The zero-order chi connectivity index (χ0) is 18.9. The molecule has 0 spiro atoms. The predicted octanol–water partition coefficient (Wildman–Crippen LogP) is 3.51. The molecule has 5 nitrogen and oxygen atoms in total. The number of imide groups is 1. The fourth-order valence-corrected chi connectivity index (χ4v) is 5.27. The number of benzene rings is 1. The molecule has 1 aromatic carbocycles. The lowest BCUT2D eigenvalue weighted by atomic mass is 9.85. The third-order valence-corrected chi connectivity index (χ3v) is 6.68. The molecule has 1 saturated carbocycles. The number of hydrogen-bond acceptors (Lipinski definition) is 3. The van der Waals surface area contributed by atoms with Gasteiger partial charge in [-0.1, -0.05) is 42.0 Å². The molecule has 2 amide bonds. The molecular weight excluding hydrogens is 362 g/mol. The van der Waals surface area contributed by atoms with Gasteiger partial charge in [-0.05, 0) is 43.7 Å². The summed E-state index contributed by atoms with van der Waals surface area (Å²) in [7, 11) is 0. The molecule has 4 atom stereocenters. The predicted molar refractivity (Wildman–Crippen MR) is 102 cm³/mol. The van der Waals surface area contributed by atoms with Gasteiger partial charge in [0.2, 0.25) is 11.8 Å². The summed E-state index contributed by atoms with van der Waals surface area (Å²) in [6, 6.07) is 7.63. The van der Waals surface area contributed by atoms with Gasteiger partial charge in [-0.25, -0.2) is 4.90 Å². The number of nitrogens with zero attached hydrogens (tertiary/aromatic N) is 3. The summed E-state index contributed by atoms with van der Waals surface area (Å²) in [6.07, 6.45) is 5.16. The molecule has 2 bridgehead atoms. The van der Waals surface area contributed by atoms with Gasteiger partial charge in [-0.15, -0.1) is 0 Å². The lowest BCUT2D eigenvalue weighted by Gasteiger charge is -2.18. The lowest BCUT2D eigenvalue weighted by Crippen LogP contribution is -2.33. The monoisotopic (exact) mass is 381 g/mol. The number of amides is 2. The highest BCUT2D eigenvalue weighted by Gasteiger charge is 2.60.